The van der Waals surface area contributed by atoms with Crippen molar-refractivity contribution in [1.82, 2.24) is 0 Å². The summed E-state index contributed by atoms with van der Waals surface area (Å²) in [7, 11) is 0. The maximum absolute atomic E-state index is 12.3. The summed E-state index contributed by atoms with van der Waals surface area (Å²) in [4.78, 5) is 27.2. The number of aliphatic imine (C=N–C) groups is 1. The molecule has 0 aliphatic carbocycles. The van der Waals surface area contributed by atoms with Gasteiger partial charge in [0.1, 0.15) is 12.4 Å². The van der Waals surface area contributed by atoms with Gasteiger partial charge in [-0.05, 0) is 98.8 Å². The molecule has 0 fully saturated rings. The Morgan fingerprint density at radius 2 is 1.79 bits per heavy atom. The molecule has 3 aromatic rings. The molecule has 0 bridgehead atoms. The number of nitrogens with zero attached hydrogens (tertiary/aromatic N) is 2. The number of halogens is 3. The van der Waals surface area contributed by atoms with Crippen LogP contribution in [0.4, 0.5) is 5.69 Å². The molecule has 3 aromatic carbocycles. The van der Waals surface area contributed by atoms with Gasteiger partial charge in [0.2, 0.25) is 5.90 Å². The van der Waals surface area contributed by atoms with Gasteiger partial charge in [-0.25, -0.2) is 9.79 Å². The van der Waals surface area contributed by atoms with E-state index < -0.39 is 10.9 Å². The Hall–Kier alpha value is -2.32. The smallest absolute Gasteiger partial charge is 0.363 e. The average molecular weight is 731 g/mol. The second-order valence-corrected chi connectivity index (χ2v) is 10.1. The molecule has 0 spiro atoms. The van der Waals surface area contributed by atoms with E-state index in [1.807, 2.05) is 36.4 Å². The largest absolute Gasteiger partial charge is 0.487 e. The number of carbonyl (C=O) groups excluding carboxylic acids is 1. The molecule has 0 unspecified atom stereocenters. The summed E-state index contributed by atoms with van der Waals surface area (Å²) in [5.74, 6) is 0.418. The van der Waals surface area contributed by atoms with Crippen molar-refractivity contribution in [3.8, 4) is 5.75 Å². The molecule has 0 radical (unpaired) electrons. The summed E-state index contributed by atoms with van der Waals surface area (Å²) in [6, 6.07) is 17.4. The third-order valence-electron chi connectivity index (χ3n) is 4.54. The Bertz CT molecular complexity index is 1300. The zero-order chi connectivity index (χ0) is 23.5. The van der Waals surface area contributed by atoms with Crippen molar-refractivity contribution < 1.29 is 19.2 Å². The first-order chi connectivity index (χ1) is 15.8. The molecule has 166 valence electrons. The van der Waals surface area contributed by atoms with Crippen LogP contribution in [0.15, 0.2) is 75.8 Å². The van der Waals surface area contributed by atoms with Crippen LogP contribution in [-0.2, 0) is 16.1 Å². The minimum atomic E-state index is -0.510. The second-order valence-electron chi connectivity index (χ2n) is 6.87. The molecule has 10 heteroatoms. The maximum Gasteiger partial charge on any atom is 0.363 e. The standard InChI is InChI=1S/C23H13BrI2N2O5/c24-16-6-4-15(5-7-16)22-27-20(23(29)33-22)11-14-9-18(25)21(19(26)10-14)32-12-13-2-1-3-17(8-13)28(30)31/h1-11H,12H2/b20-11-. The second kappa shape index (κ2) is 10.3. The number of esters is 1. The molecule has 1 aliphatic rings. The van der Waals surface area contributed by atoms with Gasteiger partial charge < -0.3 is 9.47 Å². The van der Waals surface area contributed by atoms with Crippen LogP contribution in [0, 0.1) is 17.3 Å². The fourth-order valence-electron chi connectivity index (χ4n) is 3.00. The van der Waals surface area contributed by atoms with Gasteiger partial charge in [-0.2, -0.15) is 0 Å². The van der Waals surface area contributed by atoms with Crippen LogP contribution < -0.4 is 4.74 Å². The number of hydrogen-bond donors (Lipinski definition) is 0. The SMILES string of the molecule is O=C1OC(c2ccc(Br)cc2)=N/C1=C\c1cc(I)c(OCc2cccc([N+](=O)[O-])c2)c(I)c1. The maximum atomic E-state index is 12.3. The van der Waals surface area contributed by atoms with E-state index in [1.165, 1.54) is 12.1 Å². The summed E-state index contributed by atoms with van der Waals surface area (Å²) < 4.78 is 13.8. The topological polar surface area (TPSA) is 91.0 Å². The molecule has 7 nitrogen and oxygen atoms in total. The van der Waals surface area contributed by atoms with Crippen molar-refractivity contribution in [2.45, 2.75) is 6.61 Å². The van der Waals surface area contributed by atoms with Gasteiger partial charge in [0.15, 0.2) is 5.70 Å². The Kier molecular flexibility index (Phi) is 7.44. The van der Waals surface area contributed by atoms with E-state index in [9.17, 15) is 14.9 Å². The van der Waals surface area contributed by atoms with Crippen LogP contribution in [0.1, 0.15) is 16.7 Å². The molecule has 4 rings (SSSR count). The number of nitro groups is 1. The highest BCUT2D eigenvalue weighted by Crippen LogP contribution is 2.31. The highest BCUT2D eigenvalue weighted by molar-refractivity contribution is 14.1. The lowest BCUT2D eigenvalue weighted by atomic mass is 10.2. The van der Waals surface area contributed by atoms with Gasteiger partial charge in [0.25, 0.3) is 5.69 Å². The summed E-state index contributed by atoms with van der Waals surface area (Å²) in [5.41, 5.74) is 2.42. The van der Waals surface area contributed by atoms with Crippen LogP contribution in [0.3, 0.4) is 0 Å². The van der Waals surface area contributed by atoms with E-state index in [0.29, 0.717) is 16.9 Å². The number of ether oxygens (including phenoxy) is 2. The monoisotopic (exact) mass is 730 g/mol. The van der Waals surface area contributed by atoms with E-state index in [-0.39, 0.29) is 23.9 Å². The van der Waals surface area contributed by atoms with Crippen LogP contribution in [0.5, 0.6) is 5.75 Å². The number of non-ortho nitro benzene ring substituents is 1. The first-order valence-electron chi connectivity index (χ1n) is 9.44. The molecule has 0 saturated heterocycles. The molecule has 0 N–H and O–H groups in total. The van der Waals surface area contributed by atoms with E-state index in [4.69, 9.17) is 9.47 Å². The highest BCUT2D eigenvalue weighted by Gasteiger charge is 2.24. The molecule has 33 heavy (non-hydrogen) atoms. The molecule has 1 heterocycles. The molecule has 1 aliphatic heterocycles. The number of hydrogen-bond acceptors (Lipinski definition) is 6. The molecule has 0 amide bonds. The van der Waals surface area contributed by atoms with Gasteiger partial charge in [0.05, 0.1) is 12.1 Å². The Balaban J connectivity index is 1.54. The average Bonchev–Trinajstić information content (AvgIpc) is 3.14. The molecule has 0 atom stereocenters. The quantitative estimate of drug-likeness (QED) is 0.0952. The summed E-state index contributed by atoms with van der Waals surface area (Å²) >= 11 is 7.69. The molecule has 0 saturated carbocycles. The fourth-order valence-corrected chi connectivity index (χ4v) is 5.39. The zero-order valence-electron chi connectivity index (χ0n) is 16.6. The molecular formula is C23H13BrI2N2O5. The van der Waals surface area contributed by atoms with Crippen molar-refractivity contribution in [3.05, 3.63) is 105 Å². The van der Waals surface area contributed by atoms with Crippen molar-refractivity contribution in [2.24, 2.45) is 4.99 Å². The van der Waals surface area contributed by atoms with Gasteiger partial charge in [0, 0.05) is 22.2 Å². The number of carbonyl (C=O) groups is 1. The van der Waals surface area contributed by atoms with E-state index >= 15 is 0 Å². The minimum absolute atomic E-state index is 0.0222. The Morgan fingerprint density at radius 1 is 1.09 bits per heavy atom. The Labute approximate surface area is 224 Å². The summed E-state index contributed by atoms with van der Waals surface area (Å²) in [6.45, 7) is 0.196. The lowest BCUT2D eigenvalue weighted by molar-refractivity contribution is -0.384. The molecular weight excluding hydrogens is 718 g/mol. The van der Waals surface area contributed by atoms with E-state index in [1.54, 1.807) is 18.2 Å². The lowest BCUT2D eigenvalue weighted by Gasteiger charge is -2.11. The van der Waals surface area contributed by atoms with Gasteiger partial charge in [-0.15, -0.1) is 0 Å². The first-order valence-corrected chi connectivity index (χ1v) is 12.4. The fraction of sp³-hybridized carbons (Fsp3) is 0.0435. The van der Waals surface area contributed by atoms with E-state index in [2.05, 4.69) is 66.1 Å². The number of nitro benzene ring substituents is 1. The normalized spacial score (nSPS) is 14.2. The third-order valence-corrected chi connectivity index (χ3v) is 6.67. The number of cyclic esters (lactones) is 1. The van der Waals surface area contributed by atoms with Gasteiger partial charge in [-0.3, -0.25) is 10.1 Å². The van der Waals surface area contributed by atoms with Crippen LogP contribution >= 0.6 is 61.1 Å². The summed E-state index contributed by atoms with van der Waals surface area (Å²) in [5, 5.41) is 11.0. The van der Waals surface area contributed by atoms with Gasteiger partial charge in [-0.1, -0.05) is 28.1 Å². The van der Waals surface area contributed by atoms with E-state index in [0.717, 1.165) is 17.2 Å². The minimum Gasteiger partial charge on any atom is -0.487 e. The van der Waals surface area contributed by atoms with Crippen molar-refractivity contribution in [1.29, 1.82) is 0 Å². The van der Waals surface area contributed by atoms with Crippen molar-refractivity contribution >= 4 is 84.7 Å². The van der Waals surface area contributed by atoms with Crippen LogP contribution in [0.25, 0.3) is 6.08 Å². The molecule has 0 aromatic heterocycles. The van der Waals surface area contributed by atoms with Crippen LogP contribution in [-0.4, -0.2) is 16.8 Å². The highest BCUT2D eigenvalue weighted by atomic mass is 127. The van der Waals surface area contributed by atoms with Crippen molar-refractivity contribution in [2.75, 3.05) is 0 Å². The Morgan fingerprint density at radius 3 is 2.45 bits per heavy atom. The first kappa shape index (κ1) is 23.8. The van der Waals surface area contributed by atoms with Crippen molar-refractivity contribution in [3.63, 3.8) is 0 Å². The predicted molar refractivity (Wildman–Crippen MR) is 144 cm³/mol. The lowest BCUT2D eigenvalue weighted by Crippen LogP contribution is -2.05. The number of rotatable bonds is 6. The summed E-state index contributed by atoms with van der Waals surface area (Å²) in [6.07, 6.45) is 1.67. The van der Waals surface area contributed by atoms with Gasteiger partial charge >= 0.3 is 5.97 Å². The van der Waals surface area contributed by atoms with Crippen LogP contribution in [0.2, 0.25) is 0 Å². The number of benzene rings is 3. The zero-order valence-corrected chi connectivity index (χ0v) is 22.5. The third kappa shape index (κ3) is 5.79. The predicted octanol–water partition coefficient (Wildman–Crippen LogP) is 6.49.